The van der Waals surface area contributed by atoms with E-state index in [0.29, 0.717) is 12.5 Å². The molecule has 0 saturated heterocycles. The van der Waals surface area contributed by atoms with Gasteiger partial charge in [0.1, 0.15) is 11.5 Å². The maximum absolute atomic E-state index is 10.9. The summed E-state index contributed by atoms with van der Waals surface area (Å²) in [6.45, 7) is 2.78. The van der Waals surface area contributed by atoms with Crippen LogP contribution >= 0.6 is 0 Å². The van der Waals surface area contributed by atoms with E-state index in [1.54, 1.807) is 18.2 Å². The molecule has 2 unspecified atom stereocenters. The Labute approximate surface area is 117 Å². The summed E-state index contributed by atoms with van der Waals surface area (Å²) in [7, 11) is 0. The predicted molar refractivity (Wildman–Crippen MR) is 76.0 cm³/mol. The van der Waals surface area contributed by atoms with Crippen LogP contribution in [0.15, 0.2) is 40.8 Å². The van der Waals surface area contributed by atoms with E-state index in [9.17, 15) is 4.79 Å². The van der Waals surface area contributed by atoms with Crippen molar-refractivity contribution >= 4 is 11.7 Å². The first-order chi connectivity index (χ1) is 9.63. The van der Waals surface area contributed by atoms with Gasteiger partial charge in [-0.15, -0.1) is 0 Å². The molecule has 2 atom stereocenters. The fourth-order valence-corrected chi connectivity index (χ4v) is 2.36. The topological polar surface area (TPSA) is 62.5 Å². The van der Waals surface area contributed by atoms with Crippen molar-refractivity contribution in [1.82, 2.24) is 0 Å². The molecule has 0 bridgehead atoms. The van der Waals surface area contributed by atoms with Crippen molar-refractivity contribution in [1.29, 1.82) is 0 Å². The predicted octanol–water partition coefficient (Wildman–Crippen LogP) is 3.71. The normalized spacial score (nSPS) is 20.6. The third-order valence-electron chi connectivity index (χ3n) is 3.73. The second-order valence-corrected chi connectivity index (χ2v) is 5.36. The molecule has 20 heavy (non-hydrogen) atoms. The van der Waals surface area contributed by atoms with Gasteiger partial charge in [-0.3, -0.25) is 0 Å². The molecule has 0 spiro atoms. The van der Waals surface area contributed by atoms with Crippen LogP contribution in [0.5, 0.6) is 0 Å². The van der Waals surface area contributed by atoms with Crippen LogP contribution in [-0.4, -0.2) is 11.1 Å². The lowest BCUT2D eigenvalue weighted by Crippen LogP contribution is -2.01. The zero-order valence-electron chi connectivity index (χ0n) is 11.3. The number of hydrogen-bond donors (Lipinski definition) is 2. The van der Waals surface area contributed by atoms with Gasteiger partial charge in [-0.1, -0.05) is 13.0 Å². The molecular formula is C16H17NO3. The average molecular weight is 271 g/mol. The van der Waals surface area contributed by atoms with Crippen molar-refractivity contribution in [3.63, 3.8) is 0 Å². The number of carboxylic acids is 1. The summed E-state index contributed by atoms with van der Waals surface area (Å²) < 4.78 is 5.80. The number of anilines is 1. The molecule has 2 N–H and O–H groups in total. The minimum atomic E-state index is -0.920. The van der Waals surface area contributed by atoms with E-state index in [2.05, 4.69) is 12.2 Å². The van der Waals surface area contributed by atoms with Crippen LogP contribution in [0.1, 0.15) is 41.1 Å². The van der Waals surface area contributed by atoms with E-state index in [1.165, 1.54) is 6.42 Å². The first-order valence-corrected chi connectivity index (χ1v) is 6.79. The van der Waals surface area contributed by atoms with Gasteiger partial charge in [-0.2, -0.15) is 0 Å². The van der Waals surface area contributed by atoms with Crippen LogP contribution < -0.4 is 5.32 Å². The molecule has 4 nitrogen and oxygen atoms in total. The van der Waals surface area contributed by atoms with E-state index in [0.717, 1.165) is 23.1 Å². The molecule has 0 aliphatic heterocycles. The number of aromatic carboxylic acids is 1. The molecular weight excluding hydrogens is 254 g/mol. The molecule has 104 valence electrons. The number of carboxylic acid groups (broad SMARTS) is 1. The van der Waals surface area contributed by atoms with Crippen molar-refractivity contribution in [2.75, 3.05) is 5.32 Å². The molecule has 1 heterocycles. The molecule has 1 saturated carbocycles. The monoisotopic (exact) mass is 271 g/mol. The molecule has 1 aliphatic carbocycles. The lowest BCUT2D eigenvalue weighted by molar-refractivity contribution is 0.0697. The molecule has 1 fully saturated rings. The summed E-state index contributed by atoms with van der Waals surface area (Å²) in [6.07, 6.45) is 1.21. The number of hydrogen-bond acceptors (Lipinski definition) is 3. The van der Waals surface area contributed by atoms with Crippen molar-refractivity contribution in [2.24, 2.45) is 5.92 Å². The summed E-state index contributed by atoms with van der Waals surface area (Å²) >= 11 is 0. The van der Waals surface area contributed by atoms with Crippen molar-refractivity contribution in [3.05, 3.63) is 53.5 Å². The van der Waals surface area contributed by atoms with Gasteiger partial charge in [0.05, 0.1) is 12.1 Å². The number of nitrogens with one attached hydrogen (secondary N) is 1. The Kier molecular flexibility index (Phi) is 3.22. The summed E-state index contributed by atoms with van der Waals surface area (Å²) in [5.74, 6) is 2.33. The lowest BCUT2D eigenvalue weighted by Gasteiger charge is -2.05. The highest BCUT2D eigenvalue weighted by Gasteiger charge is 2.36. The highest BCUT2D eigenvalue weighted by atomic mass is 16.4. The standard InChI is InChI=1S/C16H17NO3/c1-10-7-14(10)15-6-5-13(20-15)9-17-12-4-2-3-11(8-12)16(18)19/h2-6,8,10,14,17H,7,9H2,1H3,(H,18,19). The molecule has 1 aromatic carbocycles. The molecule has 4 heteroatoms. The Morgan fingerprint density at radius 2 is 2.20 bits per heavy atom. The second-order valence-electron chi connectivity index (χ2n) is 5.36. The largest absolute Gasteiger partial charge is 0.478 e. The van der Waals surface area contributed by atoms with Crippen LogP contribution in [0.2, 0.25) is 0 Å². The minimum absolute atomic E-state index is 0.280. The smallest absolute Gasteiger partial charge is 0.335 e. The Morgan fingerprint density at radius 1 is 1.40 bits per heavy atom. The van der Waals surface area contributed by atoms with Crippen LogP contribution in [0.4, 0.5) is 5.69 Å². The third-order valence-corrected chi connectivity index (χ3v) is 3.73. The molecule has 1 aliphatic rings. The Hall–Kier alpha value is -2.23. The summed E-state index contributed by atoms with van der Waals surface area (Å²) in [5.41, 5.74) is 1.06. The van der Waals surface area contributed by atoms with Gasteiger partial charge >= 0.3 is 5.97 Å². The van der Waals surface area contributed by atoms with E-state index in [1.807, 2.05) is 18.2 Å². The van der Waals surface area contributed by atoms with Crippen LogP contribution in [-0.2, 0) is 6.54 Å². The number of carbonyl (C=O) groups is 1. The van der Waals surface area contributed by atoms with Gasteiger partial charge in [0, 0.05) is 11.6 Å². The quantitative estimate of drug-likeness (QED) is 0.870. The Bertz CT molecular complexity index is 632. The summed E-state index contributed by atoms with van der Waals surface area (Å²) in [5, 5.41) is 12.1. The minimum Gasteiger partial charge on any atom is -0.478 e. The zero-order chi connectivity index (χ0) is 14.1. The highest BCUT2D eigenvalue weighted by molar-refractivity contribution is 5.88. The van der Waals surface area contributed by atoms with Crippen LogP contribution in [0.3, 0.4) is 0 Å². The third kappa shape index (κ3) is 2.69. The first kappa shape index (κ1) is 12.8. The molecule has 2 aromatic rings. The fourth-order valence-electron chi connectivity index (χ4n) is 2.36. The van der Waals surface area contributed by atoms with Gasteiger partial charge in [0.2, 0.25) is 0 Å². The maximum Gasteiger partial charge on any atom is 0.335 e. The highest BCUT2D eigenvalue weighted by Crippen LogP contribution is 2.47. The number of rotatable bonds is 5. The van der Waals surface area contributed by atoms with Gasteiger partial charge in [-0.05, 0) is 42.7 Å². The number of benzene rings is 1. The Balaban J connectivity index is 1.63. The van der Waals surface area contributed by atoms with E-state index in [4.69, 9.17) is 9.52 Å². The van der Waals surface area contributed by atoms with Crippen molar-refractivity contribution in [2.45, 2.75) is 25.8 Å². The SMILES string of the molecule is CC1CC1c1ccc(CNc2cccc(C(=O)O)c2)o1. The van der Waals surface area contributed by atoms with Gasteiger partial charge in [0.25, 0.3) is 0 Å². The molecule has 1 aromatic heterocycles. The van der Waals surface area contributed by atoms with Gasteiger partial charge in [-0.25, -0.2) is 4.79 Å². The second kappa shape index (κ2) is 5.04. The lowest BCUT2D eigenvalue weighted by atomic mass is 10.2. The van der Waals surface area contributed by atoms with Gasteiger partial charge < -0.3 is 14.8 Å². The van der Waals surface area contributed by atoms with Crippen molar-refractivity contribution < 1.29 is 14.3 Å². The summed E-state index contributed by atoms with van der Waals surface area (Å²) in [4.78, 5) is 10.9. The zero-order valence-corrected chi connectivity index (χ0v) is 11.3. The van der Waals surface area contributed by atoms with E-state index >= 15 is 0 Å². The molecule has 3 rings (SSSR count). The van der Waals surface area contributed by atoms with E-state index < -0.39 is 5.97 Å². The van der Waals surface area contributed by atoms with Gasteiger partial charge in [0.15, 0.2) is 0 Å². The van der Waals surface area contributed by atoms with Crippen molar-refractivity contribution in [3.8, 4) is 0 Å². The molecule has 0 radical (unpaired) electrons. The maximum atomic E-state index is 10.9. The van der Waals surface area contributed by atoms with Crippen LogP contribution in [0, 0.1) is 5.92 Å². The number of furan rings is 1. The van der Waals surface area contributed by atoms with Crippen LogP contribution in [0.25, 0.3) is 0 Å². The Morgan fingerprint density at radius 3 is 2.90 bits per heavy atom. The fraction of sp³-hybridized carbons (Fsp3) is 0.312. The van der Waals surface area contributed by atoms with E-state index in [-0.39, 0.29) is 5.56 Å². The summed E-state index contributed by atoms with van der Waals surface area (Å²) in [6, 6.07) is 10.8. The molecule has 0 amide bonds. The average Bonchev–Trinajstić information content (AvgIpc) is 3.00. The first-order valence-electron chi connectivity index (χ1n) is 6.79.